The molecule has 30 heteroatoms. The monoisotopic (exact) mass is 1050 g/mol. The number of aryl methyl sites for hydroxylation is 4. The van der Waals surface area contributed by atoms with Crippen molar-refractivity contribution >= 4 is 105 Å². The second-order valence-electron chi connectivity index (χ2n) is 11.0. The standard InChI is InChI=1S/C10H8ClF3N4OS.C5H6BrClN2.C5H7ClN2O.C5H5ClN2O.C5H3F3N2OS.ClH/c1-18-3-5(11)6(17-18)4-20-9-15-7(10(12,13)14)2-8(19)16-9;1-9-3-4(7)5(2-6)8-9;2*1-8-2-4(6)5(3-9)7-8;6-5(7,8)2-1-3(11)10-4(12)9-2;/h2-3H,4H2,1H3,(H,15,16,19);3H,2H2,1H3;2,9H,3H2,1H3;2-3H,1H3;1H,(H2,9,10,11,12);1H. The van der Waals surface area contributed by atoms with Crippen molar-refractivity contribution in [2.24, 2.45) is 28.2 Å². The van der Waals surface area contributed by atoms with E-state index in [-0.39, 0.29) is 34.7 Å². The summed E-state index contributed by atoms with van der Waals surface area (Å²) < 4.78 is 79.2. The summed E-state index contributed by atoms with van der Waals surface area (Å²) in [5, 5.41) is 26.9. The zero-order chi connectivity index (χ0) is 44.8. The van der Waals surface area contributed by atoms with E-state index in [1.54, 1.807) is 55.3 Å². The Morgan fingerprint density at radius 3 is 1.55 bits per heavy atom. The van der Waals surface area contributed by atoms with Gasteiger partial charge in [-0.2, -0.15) is 46.7 Å². The van der Waals surface area contributed by atoms with Gasteiger partial charge in [0.25, 0.3) is 11.1 Å². The third-order valence-corrected chi connectivity index (χ3v) is 9.04. The number of aromatic nitrogens is 12. The van der Waals surface area contributed by atoms with Crippen LogP contribution in [0.2, 0.25) is 20.1 Å². The van der Waals surface area contributed by atoms with Crippen molar-refractivity contribution in [2.75, 3.05) is 0 Å². The van der Waals surface area contributed by atoms with Crippen LogP contribution in [0.4, 0.5) is 26.3 Å². The number of H-pyrrole nitrogens is 3. The lowest BCUT2D eigenvalue weighted by Crippen LogP contribution is -2.16. The molecule has 60 heavy (non-hydrogen) atoms. The molecule has 0 saturated heterocycles. The minimum absolute atomic E-state index is 0. The number of thioether (sulfide) groups is 1. The van der Waals surface area contributed by atoms with E-state index in [0.717, 1.165) is 22.5 Å². The van der Waals surface area contributed by atoms with Crippen LogP contribution in [0.15, 0.2) is 51.7 Å². The SMILES string of the molecule is Cl.Cn1cc(Cl)c(C=O)n1.Cn1cc(Cl)c(CBr)n1.Cn1cc(Cl)c(CO)n1.Cn1cc(Cl)c(CSc2nc(C(F)(F)F)cc(=O)[nH]2)n1.O=c1cc(C(F)(F)F)[nH]c(=S)[nH]1. The number of rotatable bonds is 6. The summed E-state index contributed by atoms with van der Waals surface area (Å²) in [6, 6.07) is 0.827. The second kappa shape index (κ2) is 24.7. The summed E-state index contributed by atoms with van der Waals surface area (Å²) in [5.74, 6) is 0.198. The number of nitrogens with zero attached hydrogens (tertiary/aromatic N) is 9. The molecule has 6 heterocycles. The van der Waals surface area contributed by atoms with E-state index in [4.69, 9.17) is 51.5 Å². The molecule has 0 saturated carbocycles. The molecule has 16 nitrogen and oxygen atoms in total. The lowest BCUT2D eigenvalue weighted by molar-refractivity contribution is -0.142. The van der Waals surface area contributed by atoms with Crippen LogP contribution in [0, 0.1) is 4.77 Å². The average molecular weight is 1060 g/mol. The summed E-state index contributed by atoms with van der Waals surface area (Å²) in [6.07, 6.45) is -2.04. The maximum absolute atomic E-state index is 12.5. The van der Waals surface area contributed by atoms with Crippen LogP contribution in [0.25, 0.3) is 0 Å². The quantitative estimate of drug-likeness (QED) is 0.0317. The number of halogens is 12. The van der Waals surface area contributed by atoms with E-state index < -0.39 is 34.9 Å². The molecule has 0 spiro atoms. The maximum atomic E-state index is 12.5. The number of aromatic amines is 3. The van der Waals surface area contributed by atoms with Gasteiger partial charge in [-0.3, -0.25) is 38.1 Å². The number of carbonyl (C=O) groups excluding carboxylic acids is 1. The van der Waals surface area contributed by atoms with Crippen molar-refractivity contribution in [3.8, 4) is 0 Å². The van der Waals surface area contributed by atoms with Gasteiger partial charge < -0.3 is 15.1 Å². The molecule has 0 aliphatic carbocycles. The highest BCUT2D eigenvalue weighted by Crippen LogP contribution is 2.29. The molecule has 0 unspecified atom stereocenters. The van der Waals surface area contributed by atoms with Gasteiger partial charge >= 0.3 is 12.4 Å². The lowest BCUT2D eigenvalue weighted by atomic mass is 10.4. The van der Waals surface area contributed by atoms with Crippen LogP contribution in [-0.2, 0) is 58.2 Å². The fraction of sp³-hybridized carbons (Fsp3) is 0.300. The molecule has 0 aromatic carbocycles. The lowest BCUT2D eigenvalue weighted by Gasteiger charge is -2.06. The van der Waals surface area contributed by atoms with Gasteiger partial charge in [-0.05, 0) is 12.2 Å². The fourth-order valence-corrected chi connectivity index (χ4v) is 6.42. The van der Waals surface area contributed by atoms with Crippen molar-refractivity contribution in [3.63, 3.8) is 0 Å². The number of nitrogens with one attached hydrogen (secondary N) is 3. The van der Waals surface area contributed by atoms with E-state index >= 15 is 0 Å². The summed E-state index contributed by atoms with van der Waals surface area (Å²) >= 11 is 31.3. The Hall–Kier alpha value is -3.69. The largest absolute Gasteiger partial charge is 0.433 e. The van der Waals surface area contributed by atoms with E-state index in [2.05, 4.69) is 58.5 Å². The smallest absolute Gasteiger partial charge is 0.390 e. The fourth-order valence-electron chi connectivity index (χ4n) is 3.78. The summed E-state index contributed by atoms with van der Waals surface area (Å²) in [5.41, 5.74) is -1.89. The van der Waals surface area contributed by atoms with Gasteiger partial charge in [0.2, 0.25) is 0 Å². The van der Waals surface area contributed by atoms with Gasteiger partial charge in [-0.1, -0.05) is 74.1 Å². The number of aliphatic hydroxyl groups excluding tert-OH is 1. The van der Waals surface area contributed by atoms with Crippen LogP contribution in [0.5, 0.6) is 0 Å². The molecule has 0 fully saturated rings. The zero-order valence-electron chi connectivity index (χ0n) is 30.7. The number of aldehydes is 1. The first-order valence-electron chi connectivity index (χ1n) is 15.4. The minimum Gasteiger partial charge on any atom is -0.390 e. The Morgan fingerprint density at radius 1 is 0.750 bits per heavy atom. The van der Waals surface area contributed by atoms with E-state index in [1.807, 2.05) is 17.0 Å². The van der Waals surface area contributed by atoms with Gasteiger partial charge in [0.05, 0.1) is 38.1 Å². The minimum atomic E-state index is -4.66. The molecular formula is C30H30BrCl5F6N12O4S2. The average Bonchev–Trinajstić information content (AvgIpc) is 3.85. The molecule has 4 N–H and O–H groups in total. The number of hydrogen-bond donors (Lipinski definition) is 4. The second-order valence-corrected chi connectivity index (χ2v) is 14.5. The maximum Gasteiger partial charge on any atom is 0.433 e. The predicted molar refractivity (Wildman–Crippen MR) is 221 cm³/mol. The molecule has 6 aromatic rings. The normalized spacial score (nSPS) is 10.7. The highest BCUT2D eigenvalue weighted by atomic mass is 79.9. The molecule has 0 bridgehead atoms. The van der Waals surface area contributed by atoms with E-state index in [0.29, 0.717) is 55.9 Å². The Bertz CT molecular complexity index is 2410. The molecule has 0 amide bonds. The summed E-state index contributed by atoms with van der Waals surface area (Å²) in [6.45, 7) is -0.0975. The molecular weight excluding hydrogens is 1030 g/mol. The van der Waals surface area contributed by atoms with Crippen molar-refractivity contribution in [2.45, 2.75) is 35.2 Å². The van der Waals surface area contributed by atoms with E-state index in [1.165, 1.54) is 9.36 Å². The van der Waals surface area contributed by atoms with Gasteiger partial charge in [-0.25, -0.2) is 4.98 Å². The molecule has 6 aromatic heterocycles. The van der Waals surface area contributed by atoms with Gasteiger partial charge in [0, 0.05) is 76.2 Å². The first-order chi connectivity index (χ1) is 27.4. The molecule has 6 rings (SSSR count). The van der Waals surface area contributed by atoms with Crippen molar-refractivity contribution in [3.05, 3.63) is 117 Å². The number of hydrogen-bond acceptors (Lipinski definition) is 11. The Morgan fingerprint density at radius 2 is 1.22 bits per heavy atom. The number of carbonyl (C=O) groups is 1. The van der Waals surface area contributed by atoms with Crippen molar-refractivity contribution in [1.82, 2.24) is 59.1 Å². The third-order valence-electron chi connectivity index (χ3n) is 6.18. The highest BCUT2D eigenvalue weighted by molar-refractivity contribution is 9.08. The molecule has 0 aliphatic rings. The van der Waals surface area contributed by atoms with Crippen molar-refractivity contribution < 1.29 is 36.2 Å². The Balaban J connectivity index is 0.000000391. The number of aliphatic hydroxyl groups is 1. The Kier molecular flexibility index (Phi) is 22.3. The van der Waals surface area contributed by atoms with Crippen LogP contribution in [-0.4, -0.2) is 70.5 Å². The molecule has 0 aliphatic heterocycles. The predicted octanol–water partition coefficient (Wildman–Crippen LogP) is 7.76. The zero-order valence-corrected chi connectivity index (χ0v) is 37.8. The number of alkyl halides is 7. The van der Waals surface area contributed by atoms with Gasteiger partial charge in [-0.15, -0.1) is 12.4 Å². The summed E-state index contributed by atoms with van der Waals surface area (Å²) in [7, 11) is 6.98. The Labute approximate surface area is 378 Å². The first kappa shape index (κ1) is 54.3. The molecule has 0 atom stereocenters. The summed E-state index contributed by atoms with van der Waals surface area (Å²) in [4.78, 5) is 41.2. The van der Waals surface area contributed by atoms with Crippen molar-refractivity contribution in [1.29, 1.82) is 0 Å². The van der Waals surface area contributed by atoms with E-state index in [9.17, 15) is 40.7 Å². The van der Waals surface area contributed by atoms with Gasteiger partial charge in [0.15, 0.2) is 21.9 Å². The molecule has 330 valence electrons. The topological polar surface area (TPSA) is 203 Å². The third kappa shape index (κ3) is 18.5. The van der Waals surface area contributed by atoms with Crippen LogP contribution < -0.4 is 11.1 Å². The van der Waals surface area contributed by atoms with Crippen LogP contribution in [0.3, 0.4) is 0 Å². The highest BCUT2D eigenvalue weighted by Gasteiger charge is 2.33. The van der Waals surface area contributed by atoms with Gasteiger partial charge in [0.1, 0.15) is 17.1 Å². The molecule has 0 radical (unpaired) electrons. The van der Waals surface area contributed by atoms with Crippen LogP contribution >= 0.6 is 98.7 Å². The van der Waals surface area contributed by atoms with Crippen LogP contribution in [0.1, 0.15) is 39.0 Å². The first-order valence-corrected chi connectivity index (χ1v) is 19.5.